The van der Waals surface area contributed by atoms with Crippen molar-refractivity contribution in [2.45, 2.75) is 12.8 Å². The summed E-state index contributed by atoms with van der Waals surface area (Å²) in [5.41, 5.74) is 1.11. The molecule has 1 N–H and O–H groups in total. The zero-order chi connectivity index (χ0) is 16.4. The molecule has 4 nitrogen and oxygen atoms in total. The Morgan fingerprint density at radius 1 is 0.913 bits per heavy atom. The van der Waals surface area contributed by atoms with Gasteiger partial charge < -0.3 is 9.63 Å². The number of nitrogens with zero attached hydrogens (tertiary/aromatic N) is 2. The SMILES string of the molecule is OCc1ccc(-c2noc(-c3ccc(C(F)(F)F)cc3)n2)cc1. The Hall–Kier alpha value is -2.67. The zero-order valence-corrected chi connectivity index (χ0v) is 11.7. The first-order valence-corrected chi connectivity index (χ1v) is 6.69. The van der Waals surface area contributed by atoms with Crippen molar-refractivity contribution in [3.05, 3.63) is 59.7 Å². The highest BCUT2D eigenvalue weighted by Gasteiger charge is 2.30. The molecule has 0 saturated carbocycles. The van der Waals surface area contributed by atoms with Gasteiger partial charge in [-0.2, -0.15) is 18.2 Å². The largest absolute Gasteiger partial charge is 0.416 e. The molecule has 118 valence electrons. The summed E-state index contributed by atoms with van der Waals surface area (Å²) in [6.45, 7) is -0.0661. The normalized spacial score (nSPS) is 11.7. The van der Waals surface area contributed by atoms with Gasteiger partial charge in [-0.1, -0.05) is 29.4 Å². The minimum absolute atomic E-state index is 0.0661. The molecule has 0 aliphatic carbocycles. The molecule has 0 aliphatic rings. The Labute approximate surface area is 129 Å². The number of benzene rings is 2. The molecule has 0 radical (unpaired) electrons. The summed E-state index contributed by atoms with van der Waals surface area (Å²) < 4.78 is 42.7. The van der Waals surface area contributed by atoms with Gasteiger partial charge in [-0.25, -0.2) is 0 Å². The summed E-state index contributed by atoms with van der Waals surface area (Å²) >= 11 is 0. The first-order valence-electron chi connectivity index (χ1n) is 6.69. The van der Waals surface area contributed by atoms with Crippen LogP contribution in [0.2, 0.25) is 0 Å². The highest BCUT2D eigenvalue weighted by Crippen LogP contribution is 2.31. The third kappa shape index (κ3) is 3.24. The van der Waals surface area contributed by atoms with Crippen LogP contribution in [-0.2, 0) is 12.8 Å². The summed E-state index contributed by atoms with van der Waals surface area (Å²) in [6.07, 6.45) is -4.38. The lowest BCUT2D eigenvalue weighted by Gasteiger charge is -2.05. The van der Waals surface area contributed by atoms with Gasteiger partial charge in [0.25, 0.3) is 5.89 Å². The van der Waals surface area contributed by atoms with Crippen molar-refractivity contribution in [2.24, 2.45) is 0 Å². The Kier molecular flexibility index (Phi) is 3.87. The summed E-state index contributed by atoms with van der Waals surface area (Å²) in [4.78, 5) is 4.18. The lowest BCUT2D eigenvalue weighted by molar-refractivity contribution is -0.137. The van der Waals surface area contributed by atoms with Crippen molar-refractivity contribution < 1.29 is 22.8 Å². The van der Waals surface area contributed by atoms with Gasteiger partial charge >= 0.3 is 6.18 Å². The highest BCUT2D eigenvalue weighted by molar-refractivity contribution is 5.60. The van der Waals surface area contributed by atoms with E-state index in [0.717, 1.165) is 17.7 Å². The van der Waals surface area contributed by atoms with Crippen molar-refractivity contribution in [2.75, 3.05) is 0 Å². The van der Waals surface area contributed by atoms with Crippen molar-refractivity contribution >= 4 is 0 Å². The van der Waals surface area contributed by atoms with Crippen molar-refractivity contribution in [3.8, 4) is 22.8 Å². The summed E-state index contributed by atoms with van der Waals surface area (Å²) in [6, 6.07) is 11.4. The van der Waals surface area contributed by atoms with E-state index in [4.69, 9.17) is 9.63 Å². The Morgan fingerprint density at radius 2 is 1.52 bits per heavy atom. The van der Waals surface area contributed by atoms with Crippen LogP contribution in [0.4, 0.5) is 13.2 Å². The maximum absolute atomic E-state index is 12.5. The van der Waals surface area contributed by atoms with Crippen LogP contribution in [-0.4, -0.2) is 15.2 Å². The Morgan fingerprint density at radius 3 is 2.09 bits per heavy atom. The Balaban J connectivity index is 1.86. The van der Waals surface area contributed by atoms with Crippen LogP contribution < -0.4 is 0 Å². The fourth-order valence-corrected chi connectivity index (χ4v) is 2.02. The van der Waals surface area contributed by atoms with Gasteiger partial charge in [0.1, 0.15) is 0 Å². The number of alkyl halides is 3. The van der Waals surface area contributed by atoms with Crippen molar-refractivity contribution in [1.29, 1.82) is 0 Å². The average molecular weight is 320 g/mol. The van der Waals surface area contributed by atoms with Crippen molar-refractivity contribution in [3.63, 3.8) is 0 Å². The molecule has 0 unspecified atom stereocenters. The number of aromatic nitrogens is 2. The number of aliphatic hydroxyl groups is 1. The maximum Gasteiger partial charge on any atom is 0.416 e. The molecule has 3 rings (SSSR count). The van der Waals surface area contributed by atoms with Crippen LogP contribution in [0.25, 0.3) is 22.8 Å². The van der Waals surface area contributed by atoms with Gasteiger partial charge in [-0.05, 0) is 29.8 Å². The molecule has 0 fully saturated rings. The number of hydrogen-bond acceptors (Lipinski definition) is 4. The summed E-state index contributed by atoms with van der Waals surface area (Å²) in [5.74, 6) is 0.462. The minimum Gasteiger partial charge on any atom is -0.392 e. The predicted octanol–water partition coefficient (Wildman–Crippen LogP) is 3.91. The molecule has 0 bridgehead atoms. The fourth-order valence-electron chi connectivity index (χ4n) is 2.02. The molecule has 1 heterocycles. The molecule has 0 aliphatic heterocycles. The molecule has 2 aromatic carbocycles. The fraction of sp³-hybridized carbons (Fsp3) is 0.125. The van der Waals surface area contributed by atoms with E-state index >= 15 is 0 Å². The van der Waals surface area contributed by atoms with Gasteiger partial charge in [-0.3, -0.25) is 0 Å². The quantitative estimate of drug-likeness (QED) is 0.795. The van der Waals surface area contributed by atoms with Crippen LogP contribution in [0.5, 0.6) is 0 Å². The Bertz CT molecular complexity index is 793. The molecule has 0 spiro atoms. The van der Waals surface area contributed by atoms with Gasteiger partial charge in [0.05, 0.1) is 12.2 Å². The zero-order valence-electron chi connectivity index (χ0n) is 11.7. The third-order valence-electron chi connectivity index (χ3n) is 3.28. The molecule has 0 saturated heterocycles. The van der Waals surface area contributed by atoms with E-state index in [1.165, 1.54) is 12.1 Å². The second-order valence-corrected chi connectivity index (χ2v) is 4.85. The topological polar surface area (TPSA) is 59.2 Å². The van der Waals surface area contributed by atoms with E-state index in [9.17, 15) is 13.2 Å². The smallest absolute Gasteiger partial charge is 0.392 e. The van der Waals surface area contributed by atoms with E-state index in [0.29, 0.717) is 17.0 Å². The summed E-state index contributed by atoms with van der Waals surface area (Å²) in [5, 5.41) is 12.8. The average Bonchev–Trinajstić information content (AvgIpc) is 3.04. The lowest BCUT2D eigenvalue weighted by atomic mass is 10.1. The molecule has 3 aromatic rings. The molecule has 23 heavy (non-hydrogen) atoms. The van der Waals surface area contributed by atoms with Crippen molar-refractivity contribution in [1.82, 2.24) is 10.1 Å². The number of aliphatic hydroxyl groups excluding tert-OH is 1. The highest BCUT2D eigenvalue weighted by atomic mass is 19.4. The second-order valence-electron chi connectivity index (χ2n) is 4.85. The van der Waals surface area contributed by atoms with Gasteiger partial charge in [0.2, 0.25) is 5.82 Å². The van der Waals surface area contributed by atoms with E-state index in [-0.39, 0.29) is 12.5 Å². The minimum atomic E-state index is -4.38. The van der Waals surface area contributed by atoms with E-state index in [1.807, 2.05) is 0 Å². The monoisotopic (exact) mass is 320 g/mol. The number of halogens is 3. The van der Waals surface area contributed by atoms with Gasteiger partial charge in [-0.15, -0.1) is 0 Å². The first-order chi connectivity index (χ1) is 11.0. The molecule has 7 heteroatoms. The number of hydrogen-bond donors (Lipinski definition) is 1. The van der Waals surface area contributed by atoms with E-state index in [1.54, 1.807) is 24.3 Å². The maximum atomic E-state index is 12.5. The van der Waals surface area contributed by atoms with Crippen LogP contribution in [0.1, 0.15) is 11.1 Å². The molecular weight excluding hydrogens is 309 g/mol. The lowest BCUT2D eigenvalue weighted by Crippen LogP contribution is -2.03. The van der Waals surface area contributed by atoms with Crippen LogP contribution in [0.3, 0.4) is 0 Å². The second kappa shape index (κ2) is 5.85. The molecule has 0 atom stereocenters. The molecular formula is C16H11F3N2O2. The van der Waals surface area contributed by atoms with Gasteiger partial charge in [0.15, 0.2) is 0 Å². The summed E-state index contributed by atoms with van der Waals surface area (Å²) in [7, 11) is 0. The number of rotatable bonds is 3. The van der Waals surface area contributed by atoms with Gasteiger partial charge in [0, 0.05) is 11.1 Å². The standard InChI is InChI=1S/C16H11F3N2O2/c17-16(18,19)13-7-5-12(6-8-13)15-20-14(21-23-15)11-3-1-10(9-22)2-4-11/h1-8,22H,9H2. The molecule has 1 aromatic heterocycles. The van der Waals surface area contributed by atoms with Crippen LogP contribution in [0.15, 0.2) is 53.1 Å². The predicted molar refractivity (Wildman–Crippen MR) is 76.1 cm³/mol. The third-order valence-corrected chi connectivity index (χ3v) is 3.28. The molecule has 0 amide bonds. The van der Waals surface area contributed by atoms with E-state index < -0.39 is 11.7 Å². The van der Waals surface area contributed by atoms with Crippen LogP contribution >= 0.6 is 0 Å². The van der Waals surface area contributed by atoms with E-state index in [2.05, 4.69) is 10.1 Å². The first kappa shape index (κ1) is 15.2. The van der Waals surface area contributed by atoms with Crippen LogP contribution in [0, 0.1) is 0 Å².